The third-order valence-corrected chi connectivity index (χ3v) is 14.8. The lowest BCUT2D eigenvalue weighted by molar-refractivity contribution is -0.145. The van der Waals surface area contributed by atoms with Crippen LogP contribution in [0.25, 0.3) is 0 Å². The molecule has 1 aromatic heterocycles. The van der Waals surface area contributed by atoms with Crippen LogP contribution in [0.15, 0.2) is 35.4 Å². The molecule has 17 nitrogen and oxygen atoms in total. The number of carbonyl (C=O) groups excluding carboxylic acids is 5. The van der Waals surface area contributed by atoms with Gasteiger partial charge in [0.25, 0.3) is 11.8 Å². The molecular formula is C38H55N9O8S2. The zero-order chi connectivity index (χ0) is 41.1. The molecule has 4 fully saturated rings. The number of aliphatic hydroxyl groups is 1. The van der Waals surface area contributed by atoms with Gasteiger partial charge in [0.05, 0.1) is 22.8 Å². The predicted molar refractivity (Wildman–Crippen MR) is 211 cm³/mol. The van der Waals surface area contributed by atoms with Crippen molar-refractivity contribution in [2.24, 2.45) is 11.7 Å². The van der Waals surface area contributed by atoms with Crippen LogP contribution in [-0.2, 0) is 34.8 Å². The van der Waals surface area contributed by atoms with Gasteiger partial charge in [0.2, 0.25) is 27.6 Å². The fourth-order valence-corrected chi connectivity index (χ4v) is 11.1. The summed E-state index contributed by atoms with van der Waals surface area (Å²) in [6.07, 6.45) is 6.96. The van der Waals surface area contributed by atoms with Gasteiger partial charge >= 0.3 is 0 Å². The summed E-state index contributed by atoms with van der Waals surface area (Å²) in [5.41, 5.74) is 3.13. The van der Waals surface area contributed by atoms with E-state index in [1.54, 1.807) is 25.6 Å². The molecule has 4 amide bonds. The summed E-state index contributed by atoms with van der Waals surface area (Å²) < 4.78 is 29.6. The number of nitrogens with one attached hydrogen (secondary N) is 2. The van der Waals surface area contributed by atoms with Crippen LogP contribution in [0.1, 0.15) is 93.7 Å². The molecule has 1 aromatic carbocycles. The van der Waals surface area contributed by atoms with Gasteiger partial charge in [-0.15, -0.1) is 5.10 Å². The molecule has 0 radical (unpaired) electrons. The van der Waals surface area contributed by atoms with Gasteiger partial charge < -0.3 is 31.3 Å². The van der Waals surface area contributed by atoms with Gasteiger partial charge in [-0.1, -0.05) is 37.3 Å². The molecule has 1 unspecified atom stereocenters. The Hall–Kier alpha value is -3.91. The predicted octanol–water partition coefficient (Wildman–Crippen LogP) is 0.789. The van der Waals surface area contributed by atoms with Crippen molar-refractivity contribution in [2.75, 3.05) is 51.3 Å². The Balaban J connectivity index is 1.29. The molecule has 0 spiro atoms. The SMILES string of the molecule is CN1CCN(S(=O)(=O)c2ccc(C(=O)NC(CC3CCCCC3)C(=O)N3C[C@@H](n4nncc4C(C)(C)O)C[C@H]3C(=O)NC3(C(=O)C(N)=O)CCSCC3)cc2)CC1. The van der Waals surface area contributed by atoms with Gasteiger partial charge in [-0.2, -0.15) is 16.1 Å². The van der Waals surface area contributed by atoms with Gasteiger partial charge in [-0.25, -0.2) is 13.1 Å². The average Bonchev–Trinajstić information content (AvgIpc) is 3.87. The number of nitrogens with zero attached hydrogens (tertiary/aromatic N) is 6. The number of likely N-dealkylation sites (tertiary alicyclic amines) is 1. The van der Waals surface area contributed by atoms with E-state index in [4.69, 9.17) is 5.73 Å². The smallest absolute Gasteiger partial charge is 0.287 e. The molecule has 19 heteroatoms. The number of Topliss-reactive ketones (excluding diaryl/α,β-unsaturated/α-hetero) is 1. The van der Waals surface area contributed by atoms with Gasteiger partial charge in [0.15, 0.2) is 0 Å². The van der Waals surface area contributed by atoms with Crippen LogP contribution >= 0.6 is 11.8 Å². The maximum absolute atomic E-state index is 14.9. The minimum atomic E-state index is -3.77. The van der Waals surface area contributed by atoms with E-state index in [-0.39, 0.29) is 42.2 Å². The van der Waals surface area contributed by atoms with Crippen molar-refractivity contribution < 1.29 is 37.5 Å². The topological polar surface area (TPSA) is 230 Å². The first-order valence-electron chi connectivity index (χ1n) is 19.8. The molecule has 6 rings (SSSR count). The van der Waals surface area contributed by atoms with E-state index in [1.165, 1.54) is 44.3 Å². The van der Waals surface area contributed by atoms with E-state index in [2.05, 4.69) is 25.8 Å². The van der Waals surface area contributed by atoms with E-state index in [1.807, 2.05) is 7.05 Å². The zero-order valence-corrected chi connectivity index (χ0v) is 34.5. The highest BCUT2D eigenvalue weighted by molar-refractivity contribution is 7.99. The summed E-state index contributed by atoms with van der Waals surface area (Å²) in [4.78, 5) is 72.2. The summed E-state index contributed by atoms with van der Waals surface area (Å²) in [5, 5.41) is 24.9. The lowest BCUT2D eigenvalue weighted by Gasteiger charge is -2.37. The van der Waals surface area contributed by atoms with Crippen LogP contribution in [0.3, 0.4) is 0 Å². The number of thioether (sulfide) groups is 1. The number of benzene rings is 1. The van der Waals surface area contributed by atoms with Crippen molar-refractivity contribution in [1.82, 2.24) is 39.7 Å². The minimum absolute atomic E-state index is 0.0220. The molecular weight excluding hydrogens is 775 g/mol. The normalized spacial score (nSPS) is 23.1. The number of carbonyl (C=O) groups is 5. The largest absolute Gasteiger partial charge is 0.384 e. The van der Waals surface area contributed by atoms with Gasteiger partial charge in [0, 0.05) is 44.7 Å². The van der Waals surface area contributed by atoms with E-state index in [0.717, 1.165) is 32.1 Å². The van der Waals surface area contributed by atoms with Crippen LogP contribution in [0.5, 0.6) is 0 Å². The molecule has 3 saturated heterocycles. The van der Waals surface area contributed by atoms with Gasteiger partial charge in [-0.05, 0) is 81.8 Å². The Morgan fingerprint density at radius 1 is 1.02 bits per heavy atom. The number of rotatable bonds is 13. The number of primary amides is 1. The number of hydrogen-bond donors (Lipinski definition) is 4. The van der Waals surface area contributed by atoms with E-state index in [9.17, 15) is 37.5 Å². The molecule has 4 aliphatic rings. The van der Waals surface area contributed by atoms with Gasteiger partial charge in [-0.3, -0.25) is 24.0 Å². The molecule has 1 aliphatic carbocycles. The monoisotopic (exact) mass is 829 g/mol. The average molecular weight is 830 g/mol. The van der Waals surface area contributed by atoms with Crippen LogP contribution in [-0.4, -0.2) is 141 Å². The molecule has 3 atom stereocenters. The lowest BCUT2D eigenvalue weighted by Crippen LogP contribution is -2.63. The number of piperazine rings is 1. The second-order valence-electron chi connectivity index (χ2n) is 16.4. The fraction of sp³-hybridized carbons (Fsp3) is 0.658. The minimum Gasteiger partial charge on any atom is -0.384 e. The van der Waals surface area contributed by atoms with Crippen molar-refractivity contribution in [3.63, 3.8) is 0 Å². The second-order valence-corrected chi connectivity index (χ2v) is 19.6. The summed E-state index contributed by atoms with van der Waals surface area (Å²) in [6.45, 7) is 5.08. The highest BCUT2D eigenvalue weighted by Gasteiger charge is 2.49. The van der Waals surface area contributed by atoms with E-state index in [0.29, 0.717) is 49.8 Å². The molecule has 5 N–H and O–H groups in total. The quantitative estimate of drug-likeness (QED) is 0.206. The van der Waals surface area contributed by atoms with Crippen molar-refractivity contribution >= 4 is 51.2 Å². The first-order chi connectivity index (χ1) is 27.0. The van der Waals surface area contributed by atoms with Crippen molar-refractivity contribution in [3.05, 3.63) is 41.7 Å². The number of aromatic nitrogens is 3. The molecule has 1 saturated carbocycles. The standard InChI is InChI=1S/C38H55N9O8S2/c1-37(2,53)31-23-40-43-47(31)27-22-30(35(51)42-38(32(48)33(39)49)13-19-56-20-14-38)46(24-27)36(52)29(21-25-7-5-4-6-8-25)41-34(50)26-9-11-28(12-10-26)57(54,55)45-17-15-44(3)16-18-45/h9-12,23,25,27,29-30,53H,4-8,13-22,24H2,1-3H3,(H2,39,49)(H,41,50)(H,42,51)/t27-,29?,30-/m0/s1. The highest BCUT2D eigenvalue weighted by Crippen LogP contribution is 2.35. The van der Waals surface area contributed by atoms with Gasteiger partial charge in [0.1, 0.15) is 23.2 Å². The number of ketones is 1. The Morgan fingerprint density at radius 3 is 2.28 bits per heavy atom. The molecule has 2 aromatic rings. The summed E-state index contributed by atoms with van der Waals surface area (Å²) in [7, 11) is -1.83. The maximum Gasteiger partial charge on any atom is 0.287 e. The van der Waals surface area contributed by atoms with Crippen LogP contribution in [0, 0.1) is 5.92 Å². The molecule has 0 bridgehead atoms. The van der Waals surface area contributed by atoms with Crippen LogP contribution in [0.4, 0.5) is 0 Å². The summed E-state index contributed by atoms with van der Waals surface area (Å²) >= 11 is 1.59. The van der Waals surface area contributed by atoms with E-state index >= 15 is 0 Å². The molecule has 312 valence electrons. The number of likely N-dealkylation sites (N-methyl/N-ethyl adjacent to an activating group) is 1. The molecule has 57 heavy (non-hydrogen) atoms. The maximum atomic E-state index is 14.9. The van der Waals surface area contributed by atoms with Crippen LogP contribution < -0.4 is 16.4 Å². The van der Waals surface area contributed by atoms with Crippen molar-refractivity contribution in [3.8, 4) is 0 Å². The first-order valence-corrected chi connectivity index (χ1v) is 22.4. The number of hydrogen-bond acceptors (Lipinski definition) is 12. The molecule has 3 aliphatic heterocycles. The summed E-state index contributed by atoms with van der Waals surface area (Å²) in [6, 6.07) is 2.86. The number of nitrogens with two attached hydrogens (primary N) is 1. The first kappa shape index (κ1) is 42.7. The van der Waals surface area contributed by atoms with E-state index < -0.39 is 68.7 Å². The Labute approximate surface area is 337 Å². The lowest BCUT2D eigenvalue weighted by atomic mass is 9.84. The highest BCUT2D eigenvalue weighted by atomic mass is 32.2. The summed E-state index contributed by atoms with van der Waals surface area (Å²) in [5.74, 6) is -2.62. The van der Waals surface area contributed by atoms with Crippen molar-refractivity contribution in [2.45, 2.75) is 106 Å². The Morgan fingerprint density at radius 2 is 1.67 bits per heavy atom. The number of amides is 4. The fourth-order valence-electron chi connectivity index (χ4n) is 8.49. The third kappa shape index (κ3) is 9.53. The zero-order valence-electron chi connectivity index (χ0n) is 32.9. The second kappa shape index (κ2) is 17.5. The third-order valence-electron chi connectivity index (χ3n) is 11.9. The number of sulfonamides is 1. The Bertz CT molecular complexity index is 1910. The van der Waals surface area contributed by atoms with Crippen LogP contribution in [0.2, 0.25) is 0 Å². The Kier molecular flexibility index (Phi) is 13.1. The van der Waals surface area contributed by atoms with Crippen molar-refractivity contribution in [1.29, 1.82) is 0 Å². The molecule has 4 heterocycles.